The lowest BCUT2D eigenvalue weighted by molar-refractivity contribution is 0.0411. The lowest BCUT2D eigenvalue weighted by Crippen LogP contribution is -2.58. The van der Waals surface area contributed by atoms with Crippen molar-refractivity contribution in [1.82, 2.24) is 20.4 Å². The molecule has 0 aromatic heterocycles. The standard InChI is InChI=1S/C30H38N4O3.ClH/c1-29(2)19-34(16-26(35)25-14-20-5-3-4-6-22(20)15-32-25)28(37)23-8-7-21(13-24(23)29)27(36)33-11-9-30(10-12-33)17-31-18-30;/h3-8,13,25-26,31-32,35H,9-12,14-19H2,1-2H3;1H/t25-,26+;/m0./s1. The molecule has 8 heteroatoms. The van der Waals surface area contributed by atoms with Crippen LogP contribution in [0.3, 0.4) is 0 Å². The number of piperidine rings is 1. The van der Waals surface area contributed by atoms with Gasteiger partial charge in [0, 0.05) is 68.4 Å². The molecule has 0 unspecified atom stereocenters. The molecule has 3 N–H and O–H groups in total. The van der Waals surface area contributed by atoms with Crippen molar-refractivity contribution in [3.63, 3.8) is 0 Å². The van der Waals surface area contributed by atoms with E-state index in [1.807, 2.05) is 35.2 Å². The summed E-state index contributed by atoms with van der Waals surface area (Å²) < 4.78 is 0. The van der Waals surface area contributed by atoms with Crippen molar-refractivity contribution in [2.24, 2.45) is 5.41 Å². The number of carbonyl (C=O) groups is 2. The molecule has 4 heterocycles. The topological polar surface area (TPSA) is 84.9 Å². The number of aliphatic hydroxyl groups excluding tert-OH is 1. The molecule has 4 aliphatic rings. The quantitative estimate of drug-likeness (QED) is 0.557. The van der Waals surface area contributed by atoms with Crippen molar-refractivity contribution in [3.8, 4) is 0 Å². The number of benzene rings is 2. The SMILES string of the molecule is CC1(C)CN(C[C@@H](O)[C@@H]2Cc3ccccc3CN2)C(=O)c2ccc(C(=O)N3CCC4(CC3)CNC4)cc21.Cl. The first-order valence-electron chi connectivity index (χ1n) is 13.7. The second-order valence-corrected chi connectivity index (χ2v) is 12.3. The Balaban J connectivity index is 0.00000294. The zero-order valence-corrected chi connectivity index (χ0v) is 23.2. The van der Waals surface area contributed by atoms with Gasteiger partial charge in [0.25, 0.3) is 11.8 Å². The molecule has 0 aliphatic carbocycles. The predicted octanol–water partition coefficient (Wildman–Crippen LogP) is 2.74. The Morgan fingerprint density at radius 3 is 2.50 bits per heavy atom. The maximum Gasteiger partial charge on any atom is 0.254 e. The minimum atomic E-state index is -0.663. The number of nitrogens with zero attached hydrogens (tertiary/aromatic N) is 2. The largest absolute Gasteiger partial charge is 0.390 e. The van der Waals surface area contributed by atoms with Gasteiger partial charge in [0.15, 0.2) is 0 Å². The maximum atomic E-state index is 13.5. The van der Waals surface area contributed by atoms with E-state index in [1.165, 1.54) is 11.1 Å². The van der Waals surface area contributed by atoms with Gasteiger partial charge in [0.2, 0.25) is 0 Å². The first kappa shape index (κ1) is 27.1. The summed E-state index contributed by atoms with van der Waals surface area (Å²) in [6, 6.07) is 13.8. The molecule has 0 radical (unpaired) electrons. The van der Waals surface area contributed by atoms with E-state index in [-0.39, 0.29) is 42.2 Å². The van der Waals surface area contributed by atoms with Gasteiger partial charge >= 0.3 is 0 Å². The summed E-state index contributed by atoms with van der Waals surface area (Å²) in [5, 5.41) is 17.9. The monoisotopic (exact) mass is 538 g/mol. The van der Waals surface area contributed by atoms with E-state index in [0.29, 0.717) is 23.1 Å². The molecule has 204 valence electrons. The average molecular weight is 539 g/mol. The average Bonchev–Trinajstić information content (AvgIpc) is 2.89. The number of hydrogen-bond acceptors (Lipinski definition) is 5. The summed E-state index contributed by atoms with van der Waals surface area (Å²) >= 11 is 0. The van der Waals surface area contributed by atoms with E-state index in [1.54, 1.807) is 4.90 Å². The molecule has 38 heavy (non-hydrogen) atoms. The molecule has 2 aromatic rings. The fourth-order valence-electron chi connectivity index (χ4n) is 6.68. The molecule has 6 rings (SSSR count). The van der Waals surface area contributed by atoms with Crippen LogP contribution in [0.15, 0.2) is 42.5 Å². The number of hydrogen-bond donors (Lipinski definition) is 3. The van der Waals surface area contributed by atoms with Gasteiger partial charge in [-0.05, 0) is 59.6 Å². The van der Waals surface area contributed by atoms with Gasteiger partial charge in [-0.2, -0.15) is 0 Å². The van der Waals surface area contributed by atoms with E-state index in [9.17, 15) is 14.7 Å². The van der Waals surface area contributed by atoms with Crippen LogP contribution >= 0.6 is 12.4 Å². The summed E-state index contributed by atoms with van der Waals surface area (Å²) in [6.45, 7) is 9.49. The highest BCUT2D eigenvalue weighted by Gasteiger charge is 2.42. The maximum absolute atomic E-state index is 13.5. The molecule has 2 fully saturated rings. The molecular formula is C30H39ClN4O3. The van der Waals surface area contributed by atoms with Gasteiger partial charge in [-0.15, -0.1) is 12.4 Å². The van der Waals surface area contributed by atoms with Gasteiger partial charge in [-0.25, -0.2) is 0 Å². The minimum Gasteiger partial charge on any atom is -0.390 e. The first-order valence-corrected chi connectivity index (χ1v) is 13.7. The van der Waals surface area contributed by atoms with E-state index >= 15 is 0 Å². The molecule has 0 bridgehead atoms. The smallest absolute Gasteiger partial charge is 0.254 e. The third kappa shape index (κ3) is 4.86. The number of fused-ring (bicyclic) bond motifs is 2. The van der Waals surface area contributed by atoms with E-state index < -0.39 is 6.10 Å². The third-order valence-corrected chi connectivity index (χ3v) is 9.20. The third-order valence-electron chi connectivity index (χ3n) is 9.20. The van der Waals surface area contributed by atoms with E-state index in [0.717, 1.165) is 57.5 Å². The van der Waals surface area contributed by atoms with Gasteiger partial charge in [-0.3, -0.25) is 9.59 Å². The zero-order valence-electron chi connectivity index (χ0n) is 22.3. The molecule has 2 saturated heterocycles. The Hall–Kier alpha value is -2.45. The Labute approximate surface area is 231 Å². The van der Waals surface area contributed by atoms with E-state index in [4.69, 9.17) is 0 Å². The van der Waals surface area contributed by atoms with Crippen LogP contribution < -0.4 is 10.6 Å². The molecule has 7 nitrogen and oxygen atoms in total. The lowest BCUT2D eigenvalue weighted by Gasteiger charge is -2.48. The fraction of sp³-hybridized carbons (Fsp3) is 0.533. The number of likely N-dealkylation sites (tertiary alicyclic amines) is 1. The van der Waals surface area contributed by atoms with Crippen LogP contribution in [0.4, 0.5) is 0 Å². The first-order chi connectivity index (χ1) is 17.7. The van der Waals surface area contributed by atoms with Gasteiger partial charge in [0.1, 0.15) is 0 Å². The molecule has 2 amide bonds. The van der Waals surface area contributed by atoms with Crippen molar-refractivity contribution in [3.05, 3.63) is 70.3 Å². The van der Waals surface area contributed by atoms with Crippen LogP contribution in [0.5, 0.6) is 0 Å². The molecule has 2 aromatic carbocycles. The minimum absolute atomic E-state index is 0. The number of halogens is 1. The Morgan fingerprint density at radius 1 is 1.11 bits per heavy atom. The van der Waals surface area contributed by atoms with Crippen molar-refractivity contribution >= 4 is 24.2 Å². The van der Waals surface area contributed by atoms with Crippen LogP contribution in [-0.4, -0.2) is 78.1 Å². The van der Waals surface area contributed by atoms with Crippen LogP contribution in [0.1, 0.15) is 64.1 Å². The molecule has 0 saturated carbocycles. The number of nitrogens with one attached hydrogen (secondary N) is 2. The van der Waals surface area contributed by atoms with Crippen molar-refractivity contribution in [2.45, 2.75) is 57.2 Å². The summed E-state index contributed by atoms with van der Waals surface area (Å²) in [7, 11) is 0. The predicted molar refractivity (Wildman–Crippen MR) is 150 cm³/mol. The molecule has 2 atom stereocenters. The van der Waals surface area contributed by atoms with Crippen LogP contribution in [0.2, 0.25) is 0 Å². The summed E-state index contributed by atoms with van der Waals surface area (Å²) in [5.41, 5.74) is 4.83. The Kier molecular flexibility index (Phi) is 7.33. The fourth-order valence-corrected chi connectivity index (χ4v) is 6.68. The number of aliphatic hydroxyl groups is 1. The van der Waals surface area contributed by atoms with Crippen molar-refractivity contribution in [1.29, 1.82) is 0 Å². The zero-order chi connectivity index (χ0) is 25.8. The normalized spacial score (nSPS) is 24.1. The van der Waals surface area contributed by atoms with Gasteiger partial charge in [0.05, 0.1) is 6.10 Å². The summed E-state index contributed by atoms with van der Waals surface area (Å²) in [5.74, 6) is -0.00401. The van der Waals surface area contributed by atoms with Crippen molar-refractivity contribution in [2.75, 3.05) is 39.3 Å². The number of carbonyl (C=O) groups excluding carboxylic acids is 2. The number of amides is 2. The second kappa shape index (κ2) is 10.3. The van der Waals surface area contributed by atoms with Crippen LogP contribution in [-0.2, 0) is 18.4 Å². The van der Waals surface area contributed by atoms with Crippen LogP contribution in [0.25, 0.3) is 0 Å². The summed E-state index contributed by atoms with van der Waals surface area (Å²) in [6.07, 6.45) is 2.20. The second-order valence-electron chi connectivity index (χ2n) is 12.3. The molecular weight excluding hydrogens is 500 g/mol. The lowest BCUT2D eigenvalue weighted by atomic mass is 9.73. The van der Waals surface area contributed by atoms with Gasteiger partial charge in [-0.1, -0.05) is 38.1 Å². The van der Waals surface area contributed by atoms with Crippen LogP contribution in [0, 0.1) is 5.41 Å². The number of β-amino-alcohol motifs (C(OH)–C–C–N with tert-alkyl or cyclic N) is 1. The molecule has 4 aliphatic heterocycles. The molecule has 1 spiro atoms. The highest BCUT2D eigenvalue weighted by Crippen LogP contribution is 2.37. The highest BCUT2D eigenvalue weighted by atomic mass is 35.5. The van der Waals surface area contributed by atoms with Crippen molar-refractivity contribution < 1.29 is 14.7 Å². The highest BCUT2D eigenvalue weighted by molar-refractivity contribution is 6.00. The Bertz CT molecular complexity index is 1220. The Morgan fingerprint density at radius 2 is 1.82 bits per heavy atom. The van der Waals surface area contributed by atoms with Gasteiger partial charge < -0.3 is 25.5 Å². The number of rotatable bonds is 4. The van der Waals surface area contributed by atoms with E-state index in [2.05, 4.69) is 36.6 Å². The summed E-state index contributed by atoms with van der Waals surface area (Å²) in [4.78, 5) is 30.6.